The Balaban J connectivity index is 1.39. The molecule has 1 saturated heterocycles. The first-order chi connectivity index (χ1) is 31.9. The van der Waals surface area contributed by atoms with Crippen molar-refractivity contribution in [1.82, 2.24) is 0 Å². The molecule has 2 aliphatic heterocycles. The van der Waals surface area contributed by atoms with Crippen molar-refractivity contribution >= 4 is 29.8 Å². The summed E-state index contributed by atoms with van der Waals surface area (Å²) in [6.45, 7) is -1.26. The molecule has 5 aromatic carbocycles. The zero-order chi connectivity index (χ0) is 50.0. The fourth-order valence-corrected chi connectivity index (χ4v) is 6.87. The van der Waals surface area contributed by atoms with E-state index in [9.17, 15) is 106 Å². The quantitative estimate of drug-likeness (QED) is 0.0625. The Labute approximate surface area is 374 Å². The zero-order valence-electron chi connectivity index (χ0n) is 33.3. The minimum atomic E-state index is -2.54. The molecule has 2 aliphatic rings. The van der Waals surface area contributed by atoms with Gasteiger partial charge in [0, 0.05) is 23.3 Å². The predicted molar refractivity (Wildman–Crippen MR) is 210 cm³/mol. The smallest absolute Gasteiger partial charge is 0.339 e. The summed E-state index contributed by atoms with van der Waals surface area (Å²) in [5.41, 5.74) is -7.20. The Morgan fingerprint density at radius 3 is 1.51 bits per heavy atom. The average molecular weight is 955 g/mol. The second kappa shape index (κ2) is 17.1. The topological polar surface area (TPSA) is 464 Å². The number of aliphatic hydroxyl groups excluding tert-OH is 1. The number of rotatable bonds is 7. The highest BCUT2D eigenvalue weighted by Crippen LogP contribution is 2.55. The van der Waals surface area contributed by atoms with Crippen molar-refractivity contribution in [1.29, 1.82) is 0 Å². The molecule has 0 aromatic heterocycles. The number of carboxylic acid groups (broad SMARTS) is 1. The van der Waals surface area contributed by atoms with Crippen LogP contribution in [0.15, 0.2) is 42.5 Å². The van der Waals surface area contributed by atoms with Crippen LogP contribution in [0.4, 0.5) is 0 Å². The van der Waals surface area contributed by atoms with Crippen molar-refractivity contribution in [2.75, 3.05) is 6.61 Å². The number of phenolic OH excluding ortho intramolecular Hbond substituents is 14. The second-order valence-corrected chi connectivity index (χ2v) is 14.4. The van der Waals surface area contributed by atoms with Crippen LogP contribution in [0.2, 0.25) is 0 Å². The molecule has 27 heteroatoms. The molecule has 27 nitrogen and oxygen atoms in total. The Bertz CT molecular complexity index is 2950. The van der Waals surface area contributed by atoms with Gasteiger partial charge in [-0.1, -0.05) is 0 Å². The highest BCUT2D eigenvalue weighted by molar-refractivity contribution is 6.08. The number of phenols is 14. The number of carboxylic acids is 1. The van der Waals surface area contributed by atoms with Gasteiger partial charge in [-0.15, -0.1) is 0 Å². The molecular weight excluding hydrogens is 924 g/mol. The van der Waals surface area contributed by atoms with Crippen LogP contribution >= 0.6 is 0 Å². The van der Waals surface area contributed by atoms with Gasteiger partial charge in [0.2, 0.25) is 23.0 Å². The normalized spacial score (nSPS) is 18.9. The average Bonchev–Trinajstić information content (AvgIpc) is 3.29. The van der Waals surface area contributed by atoms with Crippen molar-refractivity contribution in [2.45, 2.75) is 30.7 Å². The predicted octanol–water partition coefficient (Wildman–Crippen LogP) is 1.59. The van der Waals surface area contributed by atoms with Gasteiger partial charge < -0.3 is 110 Å². The fourth-order valence-electron chi connectivity index (χ4n) is 6.87. The molecule has 16 N–H and O–H groups in total. The zero-order valence-corrected chi connectivity index (χ0v) is 33.3. The lowest BCUT2D eigenvalue weighted by Gasteiger charge is -2.42. The van der Waals surface area contributed by atoms with Gasteiger partial charge in [-0.3, -0.25) is 0 Å². The lowest BCUT2D eigenvalue weighted by Crippen LogP contribution is -2.62. The molecule has 0 amide bonds. The molecule has 0 saturated carbocycles. The molecule has 0 aliphatic carbocycles. The van der Waals surface area contributed by atoms with E-state index >= 15 is 0 Å². The Kier molecular flexibility index (Phi) is 11.6. The first-order valence-corrected chi connectivity index (χ1v) is 18.6. The standard InChI is InChI=1S/C41H30O27/c42-14-1-9(2-15(43)24(14)48)37(58)67-34-33-21(65-41(62)35(34)68-38(59)10-3-16(44)25(49)17(45)4-10)8-63-39(60)12-7-20(64-32-13(36(56)57)6-19(47)27(51)31(32)55)28(52)30(54)23(12)22-11(40(61)66-33)5-18(46)26(50)29(22)53/h1-7,21,33-35,41-55,62H,8H2,(H,56,57)/t21-,33-,34+,35-,41?/m1/s1. The number of aromatic carboxylic acids is 1. The monoisotopic (exact) mass is 954 g/mol. The maximum Gasteiger partial charge on any atom is 0.339 e. The first-order valence-electron chi connectivity index (χ1n) is 18.6. The van der Waals surface area contributed by atoms with Crippen LogP contribution in [0.5, 0.6) is 92.0 Å². The minimum absolute atomic E-state index is 0.370. The third-order valence-corrected chi connectivity index (χ3v) is 10.2. The van der Waals surface area contributed by atoms with Gasteiger partial charge in [-0.25, -0.2) is 24.0 Å². The van der Waals surface area contributed by atoms with E-state index in [4.69, 9.17) is 28.4 Å². The van der Waals surface area contributed by atoms with Gasteiger partial charge >= 0.3 is 29.8 Å². The highest BCUT2D eigenvalue weighted by Gasteiger charge is 2.53. The van der Waals surface area contributed by atoms with E-state index in [0.29, 0.717) is 42.5 Å². The Hall–Kier alpha value is -9.63. The van der Waals surface area contributed by atoms with Crippen molar-refractivity contribution in [3.63, 3.8) is 0 Å². The molecule has 0 spiro atoms. The number of esters is 4. The van der Waals surface area contributed by atoms with E-state index in [1.807, 2.05) is 0 Å². The molecule has 5 aromatic rings. The van der Waals surface area contributed by atoms with Crippen LogP contribution in [0, 0.1) is 0 Å². The lowest BCUT2D eigenvalue weighted by atomic mass is 9.91. The van der Waals surface area contributed by atoms with Crippen molar-refractivity contribution < 1.29 is 134 Å². The summed E-state index contributed by atoms with van der Waals surface area (Å²) in [7, 11) is 0. The number of aromatic hydroxyl groups is 14. The second-order valence-electron chi connectivity index (χ2n) is 14.4. The summed E-state index contributed by atoms with van der Waals surface area (Å²) in [6.07, 6.45) is -11.8. The van der Waals surface area contributed by atoms with E-state index in [1.165, 1.54) is 0 Å². The van der Waals surface area contributed by atoms with Crippen LogP contribution in [0.3, 0.4) is 0 Å². The third-order valence-electron chi connectivity index (χ3n) is 10.2. The lowest BCUT2D eigenvalue weighted by molar-refractivity contribution is -0.284. The Morgan fingerprint density at radius 1 is 0.529 bits per heavy atom. The summed E-state index contributed by atoms with van der Waals surface area (Å²) < 4.78 is 32.6. The summed E-state index contributed by atoms with van der Waals surface area (Å²) >= 11 is 0. The molecule has 0 radical (unpaired) electrons. The molecule has 5 atom stereocenters. The minimum Gasteiger partial charge on any atom is -0.504 e. The van der Waals surface area contributed by atoms with Crippen molar-refractivity contribution in [3.05, 3.63) is 70.3 Å². The van der Waals surface area contributed by atoms with Crippen LogP contribution < -0.4 is 4.74 Å². The molecule has 2 heterocycles. The van der Waals surface area contributed by atoms with E-state index in [0.717, 1.165) is 0 Å². The largest absolute Gasteiger partial charge is 0.504 e. The van der Waals surface area contributed by atoms with E-state index < -0.39 is 198 Å². The van der Waals surface area contributed by atoms with E-state index in [-0.39, 0.29) is 0 Å². The van der Waals surface area contributed by atoms with E-state index in [1.54, 1.807) is 0 Å². The number of carbonyl (C=O) groups excluding carboxylic acids is 4. The summed E-state index contributed by atoms with van der Waals surface area (Å²) in [5.74, 6) is -28.9. The number of ether oxygens (including phenoxy) is 6. The number of cyclic esters (lactones) is 1. The maximum absolute atomic E-state index is 14.4. The van der Waals surface area contributed by atoms with Gasteiger partial charge in [0.15, 0.2) is 93.6 Å². The summed E-state index contributed by atoms with van der Waals surface area (Å²) in [4.78, 5) is 67.6. The van der Waals surface area contributed by atoms with Crippen LogP contribution in [-0.4, -0.2) is 149 Å². The van der Waals surface area contributed by atoms with Crippen molar-refractivity contribution in [3.8, 4) is 103 Å². The number of hydrogen-bond donors (Lipinski definition) is 16. The Morgan fingerprint density at radius 2 is 0.985 bits per heavy atom. The first kappa shape index (κ1) is 46.4. The van der Waals surface area contributed by atoms with Crippen molar-refractivity contribution in [2.24, 2.45) is 0 Å². The number of fused-ring (bicyclic) bond motifs is 4. The molecular formula is C41H30O27. The van der Waals surface area contributed by atoms with E-state index in [2.05, 4.69) is 0 Å². The summed E-state index contributed by atoms with van der Waals surface area (Å²) in [5, 5.41) is 166. The third kappa shape index (κ3) is 7.96. The number of benzene rings is 5. The van der Waals surface area contributed by atoms with Gasteiger partial charge in [0.1, 0.15) is 18.3 Å². The maximum atomic E-state index is 14.4. The number of carbonyl (C=O) groups is 5. The van der Waals surface area contributed by atoms with Gasteiger partial charge in [0.25, 0.3) is 0 Å². The molecule has 7 rings (SSSR count). The van der Waals surface area contributed by atoms with Gasteiger partial charge in [-0.05, 0) is 30.3 Å². The summed E-state index contributed by atoms with van der Waals surface area (Å²) in [6, 6.07) is 3.45. The molecule has 1 fully saturated rings. The number of hydrogen-bond acceptors (Lipinski definition) is 26. The van der Waals surface area contributed by atoms with Gasteiger partial charge in [0.05, 0.1) is 22.3 Å². The highest BCUT2D eigenvalue weighted by atomic mass is 16.7. The molecule has 356 valence electrons. The molecule has 1 unspecified atom stereocenters. The van der Waals surface area contributed by atoms with Crippen LogP contribution in [0.25, 0.3) is 11.1 Å². The fraction of sp³-hybridized carbons (Fsp3) is 0.146. The number of aliphatic hydroxyl groups is 1. The SMILES string of the molecule is O=C(O[C@H]1[C@@H]2OC(=O)c3cc(O)c(O)c(O)c3-c3c(cc(Oc4c(C(=O)O)cc(O)c(O)c4O)c(O)c3O)C(=O)OC[C@H]2OC(O)[C@@H]1OC(=O)c1cc(O)c(O)c(O)c1)c1cc(O)c(O)c(O)c1. The van der Waals surface area contributed by atoms with Crippen LogP contribution in [-0.2, 0) is 23.7 Å². The molecule has 0 bridgehead atoms. The molecule has 68 heavy (non-hydrogen) atoms. The van der Waals surface area contributed by atoms with Gasteiger partial charge in [-0.2, -0.15) is 0 Å². The van der Waals surface area contributed by atoms with Crippen LogP contribution in [0.1, 0.15) is 51.8 Å².